The molecule has 0 aliphatic heterocycles. The molecule has 3 rings (SSSR count). The van der Waals surface area contributed by atoms with Gasteiger partial charge in [0.2, 0.25) is 10.0 Å². The number of benzene rings is 1. The van der Waals surface area contributed by atoms with Crippen molar-refractivity contribution >= 4 is 27.1 Å². The predicted molar refractivity (Wildman–Crippen MR) is 99.9 cm³/mol. The number of hydrogen-bond acceptors (Lipinski definition) is 4. The maximum absolute atomic E-state index is 13.2. The predicted octanol–water partition coefficient (Wildman–Crippen LogP) is 2.35. The highest BCUT2D eigenvalue weighted by Crippen LogP contribution is 2.18. The molecule has 0 spiro atoms. The Labute approximate surface area is 160 Å². The first-order chi connectivity index (χ1) is 12.8. The molecule has 10 heteroatoms. The number of rotatable bonds is 6. The summed E-state index contributed by atoms with van der Waals surface area (Å²) in [5.74, 6) is 0.00646. The van der Waals surface area contributed by atoms with E-state index in [2.05, 4.69) is 9.82 Å². The van der Waals surface area contributed by atoms with Crippen LogP contribution in [0.2, 0.25) is 5.02 Å². The van der Waals surface area contributed by atoms with E-state index in [0.29, 0.717) is 24.4 Å². The molecule has 3 aromatic rings. The van der Waals surface area contributed by atoms with Crippen LogP contribution in [0.3, 0.4) is 0 Å². The summed E-state index contributed by atoms with van der Waals surface area (Å²) in [6.45, 7) is 3.99. The van der Waals surface area contributed by atoms with Gasteiger partial charge in [0.05, 0.1) is 5.02 Å². The van der Waals surface area contributed by atoms with E-state index in [0.717, 1.165) is 0 Å². The van der Waals surface area contributed by atoms with Crippen LogP contribution in [-0.4, -0.2) is 22.6 Å². The van der Waals surface area contributed by atoms with Crippen LogP contribution in [0.4, 0.5) is 4.39 Å². The highest BCUT2D eigenvalue weighted by atomic mass is 35.5. The molecule has 0 saturated heterocycles. The fraction of sp³-hybridized carbons (Fsp3) is 0.294. The number of halogens is 2. The van der Waals surface area contributed by atoms with Crippen LogP contribution < -0.4 is 10.3 Å². The first kappa shape index (κ1) is 19.5. The average molecular weight is 413 g/mol. The van der Waals surface area contributed by atoms with Gasteiger partial charge in [-0.2, -0.15) is 5.10 Å². The van der Waals surface area contributed by atoms with Crippen molar-refractivity contribution in [1.29, 1.82) is 0 Å². The van der Waals surface area contributed by atoms with Crippen LogP contribution in [-0.2, 0) is 29.5 Å². The fourth-order valence-electron chi connectivity index (χ4n) is 2.70. The molecule has 0 fully saturated rings. The molecule has 0 atom stereocenters. The number of hydrogen-bond donors (Lipinski definition) is 1. The Hall–Kier alpha value is -2.23. The van der Waals surface area contributed by atoms with E-state index in [9.17, 15) is 17.6 Å². The van der Waals surface area contributed by atoms with Crippen molar-refractivity contribution in [2.45, 2.75) is 38.3 Å². The molecule has 1 N–H and O–H groups in total. The van der Waals surface area contributed by atoms with Crippen molar-refractivity contribution in [3.63, 3.8) is 0 Å². The minimum absolute atomic E-state index is 0.0434. The molecule has 7 nitrogen and oxygen atoms in total. The Morgan fingerprint density at radius 3 is 2.63 bits per heavy atom. The van der Waals surface area contributed by atoms with Crippen molar-refractivity contribution in [2.75, 3.05) is 0 Å². The van der Waals surface area contributed by atoms with Crippen LogP contribution in [0.15, 0.2) is 40.2 Å². The molecule has 0 radical (unpaired) electrons. The van der Waals surface area contributed by atoms with E-state index in [1.165, 1.54) is 39.5 Å². The average Bonchev–Trinajstić information content (AvgIpc) is 3.10. The zero-order valence-corrected chi connectivity index (χ0v) is 16.3. The second-order valence-electron chi connectivity index (χ2n) is 5.89. The lowest BCUT2D eigenvalue weighted by atomic mass is 10.2. The zero-order chi connectivity index (χ0) is 19.8. The summed E-state index contributed by atoms with van der Waals surface area (Å²) in [5.41, 5.74) is 0.397. The quantitative estimate of drug-likeness (QED) is 0.673. The van der Waals surface area contributed by atoms with Crippen molar-refractivity contribution in [3.8, 4) is 0 Å². The highest BCUT2D eigenvalue weighted by molar-refractivity contribution is 7.89. The van der Waals surface area contributed by atoms with E-state index >= 15 is 0 Å². The molecule has 0 unspecified atom stereocenters. The van der Waals surface area contributed by atoms with Crippen LogP contribution in [0.5, 0.6) is 0 Å². The lowest BCUT2D eigenvalue weighted by molar-refractivity contribution is 0.579. The molecule has 2 aromatic heterocycles. The van der Waals surface area contributed by atoms with Crippen LogP contribution >= 0.6 is 11.6 Å². The van der Waals surface area contributed by atoms with Gasteiger partial charge in [-0.15, -0.1) is 0 Å². The second kappa shape index (κ2) is 7.41. The van der Waals surface area contributed by atoms with Crippen LogP contribution in [0.1, 0.15) is 25.2 Å². The molecule has 1 aromatic carbocycles. The van der Waals surface area contributed by atoms with Crippen LogP contribution in [0.25, 0.3) is 5.52 Å². The maximum Gasteiger partial charge on any atom is 0.291 e. The van der Waals surface area contributed by atoms with E-state index in [1.807, 2.05) is 6.92 Å². The third-order valence-electron chi connectivity index (χ3n) is 4.14. The lowest BCUT2D eigenvalue weighted by Crippen LogP contribution is -2.26. The Balaban J connectivity index is 1.96. The monoisotopic (exact) mass is 412 g/mol. The van der Waals surface area contributed by atoms with Gasteiger partial charge in [0.1, 0.15) is 22.1 Å². The summed E-state index contributed by atoms with van der Waals surface area (Å²) in [4.78, 5) is 12.4. The topological polar surface area (TPSA) is 85.5 Å². The third kappa shape index (κ3) is 3.76. The summed E-state index contributed by atoms with van der Waals surface area (Å²) in [7, 11) is -3.89. The normalized spacial score (nSPS) is 12.0. The van der Waals surface area contributed by atoms with E-state index < -0.39 is 15.8 Å². The van der Waals surface area contributed by atoms with Gasteiger partial charge in [-0.1, -0.05) is 24.6 Å². The molecule has 0 saturated carbocycles. The Kier molecular flexibility index (Phi) is 5.36. The largest absolute Gasteiger partial charge is 0.297 e. The summed E-state index contributed by atoms with van der Waals surface area (Å²) >= 11 is 5.71. The minimum Gasteiger partial charge on any atom is -0.297 e. The SMILES string of the molecule is CCc1nn(CC)c(=O)c2cc(S(=O)(=O)NCc3ccc(F)c(Cl)c3)cn12. The van der Waals surface area contributed by atoms with Gasteiger partial charge in [-0.3, -0.25) is 9.20 Å². The number of aryl methyl sites for hydroxylation is 2. The maximum atomic E-state index is 13.2. The summed E-state index contributed by atoms with van der Waals surface area (Å²) in [5, 5.41) is 4.16. The smallest absolute Gasteiger partial charge is 0.291 e. The molecule has 0 aliphatic carbocycles. The van der Waals surface area contributed by atoms with Crippen LogP contribution in [0, 0.1) is 5.82 Å². The van der Waals surface area contributed by atoms with Crippen molar-refractivity contribution in [1.82, 2.24) is 18.9 Å². The summed E-state index contributed by atoms with van der Waals surface area (Å²) < 4.78 is 43.7. The van der Waals surface area contributed by atoms with E-state index in [-0.39, 0.29) is 27.5 Å². The van der Waals surface area contributed by atoms with Gasteiger partial charge in [0.15, 0.2) is 0 Å². The summed E-state index contributed by atoms with van der Waals surface area (Å²) in [6.07, 6.45) is 1.91. The molecule has 0 aliphatic rings. The van der Waals surface area contributed by atoms with E-state index in [1.54, 1.807) is 6.92 Å². The van der Waals surface area contributed by atoms with E-state index in [4.69, 9.17) is 11.6 Å². The molecule has 144 valence electrons. The summed E-state index contributed by atoms with van der Waals surface area (Å²) in [6, 6.07) is 5.30. The Bertz CT molecular complexity index is 1170. The first-order valence-corrected chi connectivity index (χ1v) is 10.2. The van der Waals surface area contributed by atoms with Gasteiger partial charge in [-0.25, -0.2) is 22.2 Å². The molecule has 27 heavy (non-hydrogen) atoms. The third-order valence-corrected chi connectivity index (χ3v) is 5.80. The van der Waals surface area contributed by atoms with Gasteiger partial charge in [0, 0.05) is 25.7 Å². The molecular weight excluding hydrogens is 395 g/mol. The number of nitrogens with zero attached hydrogens (tertiary/aromatic N) is 3. The lowest BCUT2D eigenvalue weighted by Gasteiger charge is -2.06. The van der Waals surface area contributed by atoms with Crippen molar-refractivity contribution in [2.24, 2.45) is 0 Å². The van der Waals surface area contributed by atoms with Gasteiger partial charge < -0.3 is 0 Å². The standard InChI is InChI=1S/C17H18ClFN4O3S/c1-3-16-21-23(4-2)17(24)15-8-12(10-22(15)16)27(25,26)20-9-11-5-6-14(19)13(18)7-11/h5-8,10,20H,3-4,9H2,1-2H3. The number of fused-ring (bicyclic) bond motifs is 1. The molecule has 0 amide bonds. The number of sulfonamides is 1. The van der Waals surface area contributed by atoms with Crippen molar-refractivity contribution < 1.29 is 12.8 Å². The number of aromatic nitrogens is 3. The van der Waals surface area contributed by atoms with Gasteiger partial charge >= 0.3 is 0 Å². The first-order valence-electron chi connectivity index (χ1n) is 8.32. The van der Waals surface area contributed by atoms with Crippen molar-refractivity contribution in [3.05, 3.63) is 63.0 Å². The minimum atomic E-state index is -3.89. The highest BCUT2D eigenvalue weighted by Gasteiger charge is 2.20. The van der Waals surface area contributed by atoms with Gasteiger partial charge in [-0.05, 0) is 30.7 Å². The van der Waals surface area contributed by atoms with Gasteiger partial charge in [0.25, 0.3) is 5.56 Å². The zero-order valence-electron chi connectivity index (χ0n) is 14.7. The number of nitrogens with one attached hydrogen (secondary N) is 1. The second-order valence-corrected chi connectivity index (χ2v) is 8.07. The Morgan fingerprint density at radius 2 is 2.00 bits per heavy atom. The Morgan fingerprint density at radius 1 is 1.26 bits per heavy atom. The molecule has 2 heterocycles. The fourth-order valence-corrected chi connectivity index (χ4v) is 3.93. The molecule has 0 bridgehead atoms. The molecular formula is C17H18ClFN4O3S.